The Labute approximate surface area is 72.9 Å². The summed E-state index contributed by atoms with van der Waals surface area (Å²) >= 11 is 0. The molecular formula is C10H13NO. The molecule has 1 aromatic heterocycles. The van der Waals surface area contributed by atoms with Gasteiger partial charge in [0.15, 0.2) is 0 Å². The second kappa shape index (κ2) is 4.02. The van der Waals surface area contributed by atoms with Crippen molar-refractivity contribution in [2.75, 3.05) is 7.11 Å². The second-order valence-corrected chi connectivity index (χ2v) is 2.75. The van der Waals surface area contributed by atoms with Crippen molar-refractivity contribution >= 4 is 5.57 Å². The van der Waals surface area contributed by atoms with Gasteiger partial charge in [0, 0.05) is 25.1 Å². The molecule has 2 heteroatoms. The monoisotopic (exact) mass is 163 g/mol. The summed E-state index contributed by atoms with van der Waals surface area (Å²) in [6, 6.07) is 1.95. The van der Waals surface area contributed by atoms with Crippen LogP contribution in [0.5, 0.6) is 0 Å². The van der Waals surface area contributed by atoms with Gasteiger partial charge in [-0.15, -0.1) is 0 Å². The molecule has 1 aromatic rings. The molecule has 0 unspecified atom stereocenters. The van der Waals surface area contributed by atoms with Gasteiger partial charge in [-0.05, 0) is 24.1 Å². The summed E-state index contributed by atoms with van der Waals surface area (Å²) in [5.41, 5.74) is 3.24. The predicted molar refractivity (Wildman–Crippen MR) is 49.7 cm³/mol. The topological polar surface area (TPSA) is 22.1 Å². The first-order valence-corrected chi connectivity index (χ1v) is 3.83. The Bertz CT molecular complexity index is 281. The van der Waals surface area contributed by atoms with Crippen LogP contribution in [0.4, 0.5) is 0 Å². The summed E-state index contributed by atoms with van der Waals surface area (Å²) in [6.45, 7) is 6.46. The lowest BCUT2D eigenvalue weighted by atomic mass is 10.1. The van der Waals surface area contributed by atoms with Crippen LogP contribution in [0.1, 0.15) is 18.1 Å². The van der Waals surface area contributed by atoms with Crippen molar-refractivity contribution in [3.8, 4) is 0 Å². The Morgan fingerprint density at radius 1 is 1.67 bits per heavy atom. The van der Waals surface area contributed by atoms with Crippen LogP contribution < -0.4 is 0 Å². The maximum Gasteiger partial charge on any atom is 0.0720 e. The molecule has 0 radical (unpaired) electrons. The van der Waals surface area contributed by atoms with Crippen LogP contribution >= 0.6 is 0 Å². The SMILES string of the molecule is C=C(C)c1cnccc1COC. The zero-order chi connectivity index (χ0) is 8.97. The molecule has 64 valence electrons. The molecular weight excluding hydrogens is 150 g/mol. The normalized spacial score (nSPS) is 9.83. The van der Waals surface area contributed by atoms with Crippen LogP contribution in [-0.4, -0.2) is 12.1 Å². The van der Waals surface area contributed by atoms with Crippen LogP contribution in [0, 0.1) is 0 Å². The zero-order valence-electron chi connectivity index (χ0n) is 7.50. The molecule has 0 atom stereocenters. The molecule has 1 rings (SSSR count). The fourth-order valence-corrected chi connectivity index (χ4v) is 1.09. The van der Waals surface area contributed by atoms with Gasteiger partial charge in [-0.2, -0.15) is 0 Å². The molecule has 0 saturated carbocycles. The van der Waals surface area contributed by atoms with Crippen molar-refractivity contribution < 1.29 is 4.74 Å². The van der Waals surface area contributed by atoms with Crippen LogP contribution in [0.15, 0.2) is 25.0 Å². The van der Waals surface area contributed by atoms with Crippen LogP contribution in [-0.2, 0) is 11.3 Å². The van der Waals surface area contributed by atoms with E-state index in [0.717, 1.165) is 16.7 Å². The van der Waals surface area contributed by atoms with E-state index in [-0.39, 0.29) is 0 Å². The summed E-state index contributed by atoms with van der Waals surface area (Å²) in [7, 11) is 1.68. The van der Waals surface area contributed by atoms with Crippen molar-refractivity contribution in [2.24, 2.45) is 0 Å². The van der Waals surface area contributed by atoms with Crippen molar-refractivity contribution in [3.63, 3.8) is 0 Å². The van der Waals surface area contributed by atoms with Crippen LogP contribution in [0.25, 0.3) is 5.57 Å². The Hall–Kier alpha value is -1.15. The van der Waals surface area contributed by atoms with Gasteiger partial charge in [0.05, 0.1) is 6.61 Å². The third kappa shape index (κ3) is 1.92. The van der Waals surface area contributed by atoms with E-state index in [1.165, 1.54) is 0 Å². The van der Waals surface area contributed by atoms with E-state index < -0.39 is 0 Å². The van der Waals surface area contributed by atoms with E-state index in [2.05, 4.69) is 11.6 Å². The van der Waals surface area contributed by atoms with Crippen molar-refractivity contribution in [2.45, 2.75) is 13.5 Å². The van der Waals surface area contributed by atoms with E-state index >= 15 is 0 Å². The van der Waals surface area contributed by atoms with E-state index in [1.54, 1.807) is 13.3 Å². The summed E-state index contributed by atoms with van der Waals surface area (Å²) in [5, 5.41) is 0. The summed E-state index contributed by atoms with van der Waals surface area (Å²) in [5.74, 6) is 0. The molecule has 12 heavy (non-hydrogen) atoms. The highest BCUT2D eigenvalue weighted by Crippen LogP contribution is 2.15. The summed E-state index contributed by atoms with van der Waals surface area (Å²) in [4.78, 5) is 4.03. The molecule has 0 bridgehead atoms. The Kier molecular flexibility index (Phi) is 3.00. The molecule has 2 nitrogen and oxygen atoms in total. The van der Waals surface area contributed by atoms with Gasteiger partial charge in [0.2, 0.25) is 0 Å². The van der Waals surface area contributed by atoms with Crippen LogP contribution in [0.2, 0.25) is 0 Å². The van der Waals surface area contributed by atoms with E-state index in [4.69, 9.17) is 4.74 Å². The van der Waals surface area contributed by atoms with Gasteiger partial charge in [0.25, 0.3) is 0 Å². The van der Waals surface area contributed by atoms with Gasteiger partial charge >= 0.3 is 0 Å². The molecule has 1 heterocycles. The fraction of sp³-hybridized carbons (Fsp3) is 0.300. The highest BCUT2D eigenvalue weighted by Gasteiger charge is 2.01. The first-order chi connectivity index (χ1) is 5.75. The lowest BCUT2D eigenvalue weighted by Gasteiger charge is -2.06. The number of rotatable bonds is 3. The first kappa shape index (κ1) is 8.94. The Balaban J connectivity index is 3.00. The van der Waals surface area contributed by atoms with E-state index in [9.17, 15) is 0 Å². The molecule has 0 aliphatic heterocycles. The molecule has 0 fully saturated rings. The minimum Gasteiger partial charge on any atom is -0.380 e. The van der Waals surface area contributed by atoms with Crippen molar-refractivity contribution in [1.29, 1.82) is 0 Å². The van der Waals surface area contributed by atoms with E-state index in [0.29, 0.717) is 6.61 Å². The van der Waals surface area contributed by atoms with E-state index in [1.807, 2.05) is 19.2 Å². The van der Waals surface area contributed by atoms with Crippen molar-refractivity contribution in [1.82, 2.24) is 4.98 Å². The Morgan fingerprint density at radius 3 is 3.00 bits per heavy atom. The lowest BCUT2D eigenvalue weighted by Crippen LogP contribution is -1.94. The zero-order valence-corrected chi connectivity index (χ0v) is 7.50. The average Bonchev–Trinajstić information content (AvgIpc) is 2.05. The third-order valence-electron chi connectivity index (χ3n) is 1.67. The highest BCUT2D eigenvalue weighted by atomic mass is 16.5. The minimum absolute atomic E-state index is 0.616. The van der Waals surface area contributed by atoms with Gasteiger partial charge in [-0.25, -0.2) is 0 Å². The highest BCUT2D eigenvalue weighted by molar-refractivity contribution is 5.63. The minimum atomic E-state index is 0.616. The standard InChI is InChI=1S/C10H13NO/c1-8(2)10-6-11-5-4-9(10)7-12-3/h4-6H,1,7H2,2-3H3. The summed E-state index contributed by atoms with van der Waals surface area (Å²) < 4.78 is 5.05. The molecule has 0 aromatic carbocycles. The molecule has 0 saturated heterocycles. The molecule has 0 N–H and O–H groups in total. The Morgan fingerprint density at radius 2 is 2.42 bits per heavy atom. The number of aromatic nitrogens is 1. The molecule has 0 aliphatic carbocycles. The summed E-state index contributed by atoms with van der Waals surface area (Å²) in [6.07, 6.45) is 3.58. The van der Waals surface area contributed by atoms with Gasteiger partial charge in [-0.1, -0.05) is 6.58 Å². The number of methoxy groups -OCH3 is 1. The number of allylic oxidation sites excluding steroid dienone is 1. The second-order valence-electron chi connectivity index (χ2n) is 2.75. The maximum absolute atomic E-state index is 5.05. The molecule has 0 aliphatic rings. The van der Waals surface area contributed by atoms with Gasteiger partial charge in [-0.3, -0.25) is 4.98 Å². The fourth-order valence-electron chi connectivity index (χ4n) is 1.09. The average molecular weight is 163 g/mol. The first-order valence-electron chi connectivity index (χ1n) is 3.83. The molecule has 0 spiro atoms. The third-order valence-corrected chi connectivity index (χ3v) is 1.67. The molecule has 0 amide bonds. The number of hydrogen-bond acceptors (Lipinski definition) is 2. The van der Waals surface area contributed by atoms with Crippen molar-refractivity contribution in [3.05, 3.63) is 36.2 Å². The van der Waals surface area contributed by atoms with Crippen LogP contribution in [0.3, 0.4) is 0 Å². The van der Waals surface area contributed by atoms with Gasteiger partial charge < -0.3 is 4.74 Å². The largest absolute Gasteiger partial charge is 0.380 e. The number of ether oxygens (including phenoxy) is 1. The number of pyridine rings is 1. The number of hydrogen-bond donors (Lipinski definition) is 0. The quantitative estimate of drug-likeness (QED) is 0.681. The number of nitrogens with zero attached hydrogens (tertiary/aromatic N) is 1. The smallest absolute Gasteiger partial charge is 0.0720 e. The maximum atomic E-state index is 5.05. The van der Waals surface area contributed by atoms with Gasteiger partial charge in [0.1, 0.15) is 0 Å². The lowest BCUT2D eigenvalue weighted by molar-refractivity contribution is 0.184. The predicted octanol–water partition coefficient (Wildman–Crippen LogP) is 2.26.